The van der Waals surface area contributed by atoms with Gasteiger partial charge >= 0.3 is 0 Å². The molecule has 0 bridgehead atoms. The second kappa shape index (κ2) is 13.7. The lowest BCUT2D eigenvalue weighted by molar-refractivity contribution is -0.139. The molecule has 3 fully saturated rings. The van der Waals surface area contributed by atoms with Crippen molar-refractivity contribution >= 4 is 35.1 Å². The molecule has 1 aromatic rings. The van der Waals surface area contributed by atoms with Crippen LogP contribution in [-0.2, 0) is 19.2 Å². The van der Waals surface area contributed by atoms with Gasteiger partial charge in [0, 0.05) is 37.8 Å². The van der Waals surface area contributed by atoms with Gasteiger partial charge in [0.05, 0.1) is 12.6 Å². The third-order valence-electron chi connectivity index (χ3n) is 9.05. The number of hydrogen-bond donors (Lipinski definition) is 2. The van der Waals surface area contributed by atoms with Gasteiger partial charge < -0.3 is 25.3 Å². The first-order chi connectivity index (χ1) is 20.0. The van der Waals surface area contributed by atoms with Crippen LogP contribution in [0.4, 0.5) is 5.69 Å². The van der Waals surface area contributed by atoms with E-state index in [0.717, 1.165) is 44.5 Å². The molecule has 0 spiro atoms. The Labute approximate surface area is 249 Å². The van der Waals surface area contributed by atoms with E-state index in [1.54, 1.807) is 21.9 Å². The van der Waals surface area contributed by atoms with E-state index >= 15 is 0 Å². The number of anilines is 1. The summed E-state index contributed by atoms with van der Waals surface area (Å²) in [5, 5.41) is 5.79. The van der Waals surface area contributed by atoms with Crippen LogP contribution in [0.2, 0.25) is 0 Å². The zero-order valence-corrected chi connectivity index (χ0v) is 25.7. The van der Waals surface area contributed by atoms with Gasteiger partial charge in [-0.25, -0.2) is 0 Å². The second-order valence-electron chi connectivity index (χ2n) is 12.4. The molecule has 2 heterocycles. The average Bonchev–Trinajstić information content (AvgIpc) is 3.71. The Hall–Kier alpha value is -3.43. The van der Waals surface area contributed by atoms with E-state index in [2.05, 4.69) is 29.4 Å². The molecule has 10 heteroatoms. The van der Waals surface area contributed by atoms with Crippen LogP contribution in [0.25, 0.3) is 0 Å². The minimum absolute atomic E-state index is 0.0569. The molecule has 10 nitrogen and oxygen atoms in total. The van der Waals surface area contributed by atoms with E-state index in [9.17, 15) is 24.0 Å². The maximum Gasteiger partial charge on any atom is 0.251 e. The number of Topliss-reactive ketones (excluding diaryl/α,β-unsaturated/α-hetero) is 1. The number of fused-ring (bicyclic) bond motifs is 1. The van der Waals surface area contributed by atoms with Crippen LogP contribution in [0.5, 0.6) is 0 Å². The van der Waals surface area contributed by atoms with Crippen molar-refractivity contribution in [3.63, 3.8) is 0 Å². The Bertz CT molecular complexity index is 1160. The standard InChI is InChI=1S/C32H47N5O5/c1-6-35(7-2)24-14-12-23(13-15-24)30(40)34-25(18-20(3)4)31(41)36-17-16-26-29(36)27(39)19-37(26)32(42)28(33-21(5)38)22-10-8-9-11-22/h12-15,20,22,25-26,28-29H,6-11,16-19H2,1-5H3,(H,33,38)(H,34,40). The summed E-state index contributed by atoms with van der Waals surface area (Å²) >= 11 is 0. The molecule has 0 aromatic heterocycles. The van der Waals surface area contributed by atoms with Crippen molar-refractivity contribution in [3.05, 3.63) is 29.8 Å². The van der Waals surface area contributed by atoms with Gasteiger partial charge in [-0.3, -0.25) is 24.0 Å². The molecule has 4 unspecified atom stereocenters. The van der Waals surface area contributed by atoms with Crippen molar-refractivity contribution in [1.82, 2.24) is 20.4 Å². The smallest absolute Gasteiger partial charge is 0.251 e. The fourth-order valence-corrected chi connectivity index (χ4v) is 6.97. The van der Waals surface area contributed by atoms with Crippen LogP contribution in [0.15, 0.2) is 24.3 Å². The summed E-state index contributed by atoms with van der Waals surface area (Å²) in [5.41, 5.74) is 1.50. The molecule has 0 radical (unpaired) electrons. The second-order valence-corrected chi connectivity index (χ2v) is 12.4. The summed E-state index contributed by atoms with van der Waals surface area (Å²) < 4.78 is 0. The number of nitrogens with one attached hydrogen (secondary N) is 2. The Morgan fingerprint density at radius 3 is 2.14 bits per heavy atom. The molecule has 1 aromatic carbocycles. The molecular formula is C32H47N5O5. The summed E-state index contributed by atoms with van der Waals surface area (Å²) in [6.07, 6.45) is 4.69. The van der Waals surface area contributed by atoms with E-state index in [0.29, 0.717) is 24.9 Å². The van der Waals surface area contributed by atoms with Gasteiger partial charge in [-0.05, 0) is 75.6 Å². The van der Waals surface area contributed by atoms with E-state index in [1.165, 1.54) is 6.92 Å². The molecule has 2 saturated heterocycles. The fourth-order valence-electron chi connectivity index (χ4n) is 6.97. The lowest BCUT2D eigenvalue weighted by atomic mass is 9.96. The lowest BCUT2D eigenvalue weighted by Crippen LogP contribution is -2.54. The summed E-state index contributed by atoms with van der Waals surface area (Å²) in [7, 11) is 0. The highest BCUT2D eigenvalue weighted by Crippen LogP contribution is 2.34. The number of likely N-dealkylation sites (tertiary alicyclic amines) is 2. The van der Waals surface area contributed by atoms with Gasteiger partial charge in [0.1, 0.15) is 18.1 Å². The van der Waals surface area contributed by atoms with Gasteiger partial charge in [-0.2, -0.15) is 0 Å². The number of rotatable bonds is 11. The molecule has 2 N–H and O–H groups in total. The van der Waals surface area contributed by atoms with Gasteiger partial charge in [-0.1, -0.05) is 26.7 Å². The monoisotopic (exact) mass is 581 g/mol. The lowest BCUT2D eigenvalue weighted by Gasteiger charge is -2.31. The molecule has 42 heavy (non-hydrogen) atoms. The molecule has 3 aliphatic rings. The largest absolute Gasteiger partial charge is 0.372 e. The minimum Gasteiger partial charge on any atom is -0.372 e. The topological polar surface area (TPSA) is 119 Å². The maximum absolute atomic E-state index is 13.9. The number of carbonyl (C=O) groups is 5. The van der Waals surface area contributed by atoms with Crippen molar-refractivity contribution < 1.29 is 24.0 Å². The number of nitrogens with zero attached hydrogens (tertiary/aromatic N) is 3. The predicted octanol–water partition coefficient (Wildman–Crippen LogP) is 2.75. The van der Waals surface area contributed by atoms with Crippen molar-refractivity contribution in [3.8, 4) is 0 Å². The summed E-state index contributed by atoms with van der Waals surface area (Å²) in [5.74, 6) is -1.10. The molecule has 1 aliphatic carbocycles. The normalized spacial score (nSPS) is 21.8. The number of benzene rings is 1. The number of amides is 4. The van der Waals surface area contributed by atoms with Crippen LogP contribution in [-0.4, -0.2) is 89.6 Å². The molecule has 230 valence electrons. The summed E-state index contributed by atoms with van der Waals surface area (Å²) in [6, 6.07) is 4.77. The number of hydrogen-bond acceptors (Lipinski definition) is 6. The van der Waals surface area contributed by atoms with Crippen LogP contribution < -0.4 is 15.5 Å². The highest BCUT2D eigenvalue weighted by atomic mass is 16.2. The highest BCUT2D eigenvalue weighted by molar-refractivity contribution is 6.01. The first-order valence-electron chi connectivity index (χ1n) is 15.6. The molecule has 2 aliphatic heterocycles. The van der Waals surface area contributed by atoms with E-state index in [-0.39, 0.29) is 47.8 Å². The predicted molar refractivity (Wildman–Crippen MR) is 161 cm³/mol. The van der Waals surface area contributed by atoms with Crippen molar-refractivity contribution in [2.45, 2.75) is 97.3 Å². The Kier molecular flexibility index (Phi) is 10.3. The average molecular weight is 582 g/mol. The van der Waals surface area contributed by atoms with Crippen molar-refractivity contribution in [2.75, 3.05) is 31.1 Å². The van der Waals surface area contributed by atoms with Gasteiger partial charge in [-0.15, -0.1) is 0 Å². The summed E-state index contributed by atoms with van der Waals surface area (Å²) in [4.78, 5) is 71.5. The molecule has 4 rings (SSSR count). The zero-order valence-electron chi connectivity index (χ0n) is 25.7. The third-order valence-corrected chi connectivity index (χ3v) is 9.05. The molecule has 4 amide bonds. The first kappa shape index (κ1) is 31.5. The quantitative estimate of drug-likeness (QED) is 0.415. The van der Waals surface area contributed by atoms with Gasteiger partial charge in [0.15, 0.2) is 5.78 Å². The Balaban J connectivity index is 1.48. The molecular weight excluding hydrogens is 534 g/mol. The van der Waals surface area contributed by atoms with Crippen LogP contribution >= 0.6 is 0 Å². The van der Waals surface area contributed by atoms with Crippen molar-refractivity contribution in [1.29, 1.82) is 0 Å². The van der Waals surface area contributed by atoms with Crippen molar-refractivity contribution in [2.24, 2.45) is 11.8 Å². The zero-order chi connectivity index (χ0) is 30.6. The number of ketones is 1. The van der Waals surface area contributed by atoms with E-state index < -0.39 is 24.2 Å². The molecule has 4 atom stereocenters. The van der Waals surface area contributed by atoms with Crippen LogP contribution in [0.3, 0.4) is 0 Å². The van der Waals surface area contributed by atoms with E-state index in [4.69, 9.17) is 0 Å². The maximum atomic E-state index is 13.9. The summed E-state index contributed by atoms with van der Waals surface area (Å²) in [6.45, 7) is 11.5. The Morgan fingerprint density at radius 1 is 0.929 bits per heavy atom. The van der Waals surface area contributed by atoms with Crippen LogP contribution in [0, 0.1) is 11.8 Å². The van der Waals surface area contributed by atoms with Crippen LogP contribution in [0.1, 0.15) is 83.5 Å². The van der Waals surface area contributed by atoms with Gasteiger partial charge in [0.2, 0.25) is 17.7 Å². The molecule has 1 saturated carbocycles. The number of carbonyl (C=O) groups excluding carboxylic acids is 5. The fraction of sp³-hybridized carbons (Fsp3) is 0.656. The third kappa shape index (κ3) is 6.79. The first-order valence-corrected chi connectivity index (χ1v) is 15.6. The van der Waals surface area contributed by atoms with Gasteiger partial charge in [0.25, 0.3) is 5.91 Å². The SMILES string of the molecule is CCN(CC)c1ccc(C(=O)NC(CC(C)C)C(=O)N2CCC3C2C(=O)CN3C(=O)C(NC(C)=O)C2CCCC2)cc1. The highest BCUT2D eigenvalue weighted by Gasteiger charge is 2.53. The van der Waals surface area contributed by atoms with E-state index in [1.807, 2.05) is 26.0 Å². The Morgan fingerprint density at radius 2 is 1.57 bits per heavy atom. The minimum atomic E-state index is -0.790.